The van der Waals surface area contributed by atoms with Crippen molar-refractivity contribution in [1.29, 1.82) is 0 Å². The molecule has 0 spiro atoms. The van der Waals surface area contributed by atoms with Crippen molar-refractivity contribution in [1.82, 2.24) is 0 Å². The van der Waals surface area contributed by atoms with E-state index >= 15 is 0 Å². The number of carbonyl (C=O) groups excluding carboxylic acids is 2. The van der Waals surface area contributed by atoms with Crippen molar-refractivity contribution < 1.29 is 14.7 Å². The number of aliphatic hydroxyl groups is 1. The Morgan fingerprint density at radius 3 is 2.00 bits per heavy atom. The topological polar surface area (TPSA) is 54.4 Å². The van der Waals surface area contributed by atoms with Gasteiger partial charge in [-0.3, -0.25) is 9.59 Å². The Morgan fingerprint density at radius 1 is 0.938 bits per heavy atom. The fourth-order valence-electron chi connectivity index (χ4n) is 1.49. The molecule has 0 amide bonds. The number of ketones is 2. The Labute approximate surface area is 94.4 Å². The first-order chi connectivity index (χ1) is 7.63. The standard InChI is InChI=1S/C11H8O3.C2H6/c1-6-9(12)7-4-2-3-5-8(7)11(14)10(6)13;1-2/h2-5,12H,1H3;1-2H3. The number of rotatable bonds is 0. The third kappa shape index (κ3) is 1.76. The Morgan fingerprint density at radius 2 is 1.44 bits per heavy atom. The number of fused-ring (bicyclic) bond motifs is 1. The molecule has 0 aliphatic heterocycles. The summed E-state index contributed by atoms with van der Waals surface area (Å²) in [6, 6.07) is 6.54. The van der Waals surface area contributed by atoms with Crippen molar-refractivity contribution in [3.63, 3.8) is 0 Å². The molecule has 0 fully saturated rings. The summed E-state index contributed by atoms with van der Waals surface area (Å²) in [6.07, 6.45) is 0. The molecular weight excluding hydrogens is 204 g/mol. The lowest BCUT2D eigenvalue weighted by molar-refractivity contribution is -0.111. The van der Waals surface area contributed by atoms with E-state index in [4.69, 9.17) is 0 Å². The molecule has 16 heavy (non-hydrogen) atoms. The van der Waals surface area contributed by atoms with Gasteiger partial charge in [0.1, 0.15) is 5.76 Å². The molecule has 0 heterocycles. The molecular formula is C13H14O3. The fraction of sp³-hybridized carbons (Fsp3) is 0.231. The quantitative estimate of drug-likeness (QED) is 0.681. The zero-order valence-corrected chi connectivity index (χ0v) is 9.57. The van der Waals surface area contributed by atoms with Crippen LogP contribution in [0.4, 0.5) is 0 Å². The molecule has 1 aromatic rings. The molecule has 0 saturated heterocycles. The molecule has 1 aliphatic rings. The number of carbonyl (C=O) groups is 2. The van der Waals surface area contributed by atoms with Crippen LogP contribution in [0.1, 0.15) is 36.7 Å². The van der Waals surface area contributed by atoms with E-state index in [1.54, 1.807) is 18.2 Å². The molecule has 0 radical (unpaired) electrons. The van der Waals surface area contributed by atoms with Crippen LogP contribution in [0, 0.1) is 0 Å². The average Bonchev–Trinajstić information content (AvgIpc) is 2.36. The van der Waals surface area contributed by atoms with Gasteiger partial charge in [0.2, 0.25) is 11.6 Å². The molecule has 3 heteroatoms. The zero-order valence-electron chi connectivity index (χ0n) is 9.57. The van der Waals surface area contributed by atoms with Crippen molar-refractivity contribution in [3.05, 3.63) is 41.0 Å². The summed E-state index contributed by atoms with van der Waals surface area (Å²) in [5, 5.41) is 9.62. The van der Waals surface area contributed by atoms with Crippen LogP contribution in [-0.2, 0) is 4.79 Å². The maximum absolute atomic E-state index is 11.5. The van der Waals surface area contributed by atoms with Gasteiger partial charge in [0.05, 0.1) is 0 Å². The zero-order chi connectivity index (χ0) is 12.3. The molecule has 84 valence electrons. The van der Waals surface area contributed by atoms with Crippen LogP contribution < -0.4 is 0 Å². The van der Waals surface area contributed by atoms with Crippen LogP contribution in [0.2, 0.25) is 0 Å². The highest BCUT2D eigenvalue weighted by Gasteiger charge is 2.29. The first-order valence-corrected chi connectivity index (χ1v) is 5.21. The second-order valence-electron chi connectivity index (χ2n) is 3.18. The number of allylic oxidation sites excluding steroid dienone is 1. The molecule has 1 aliphatic carbocycles. The maximum atomic E-state index is 11.5. The Balaban J connectivity index is 0.000000606. The molecule has 2 rings (SSSR count). The molecule has 1 aromatic carbocycles. The van der Waals surface area contributed by atoms with E-state index in [0.29, 0.717) is 5.56 Å². The maximum Gasteiger partial charge on any atom is 0.234 e. The van der Waals surface area contributed by atoms with E-state index < -0.39 is 11.6 Å². The van der Waals surface area contributed by atoms with Crippen LogP contribution in [0.5, 0.6) is 0 Å². The molecule has 0 saturated carbocycles. The predicted molar refractivity (Wildman–Crippen MR) is 62.4 cm³/mol. The van der Waals surface area contributed by atoms with Crippen LogP contribution in [0.15, 0.2) is 29.8 Å². The van der Waals surface area contributed by atoms with Gasteiger partial charge < -0.3 is 5.11 Å². The average molecular weight is 218 g/mol. The highest BCUT2D eigenvalue weighted by atomic mass is 16.3. The summed E-state index contributed by atoms with van der Waals surface area (Å²) in [4.78, 5) is 22.8. The van der Waals surface area contributed by atoms with Crippen LogP contribution in [0.25, 0.3) is 5.76 Å². The van der Waals surface area contributed by atoms with Gasteiger partial charge in [0.25, 0.3) is 0 Å². The summed E-state index contributed by atoms with van der Waals surface area (Å²) in [7, 11) is 0. The minimum absolute atomic E-state index is 0.0924. The second kappa shape index (κ2) is 4.75. The number of aliphatic hydroxyl groups excluding tert-OH is 1. The lowest BCUT2D eigenvalue weighted by Crippen LogP contribution is -2.22. The smallest absolute Gasteiger partial charge is 0.234 e. The van der Waals surface area contributed by atoms with Crippen molar-refractivity contribution in [2.45, 2.75) is 20.8 Å². The van der Waals surface area contributed by atoms with E-state index in [9.17, 15) is 14.7 Å². The van der Waals surface area contributed by atoms with Gasteiger partial charge in [0.15, 0.2) is 0 Å². The van der Waals surface area contributed by atoms with E-state index in [1.165, 1.54) is 13.0 Å². The highest BCUT2D eigenvalue weighted by Crippen LogP contribution is 2.26. The Bertz CT molecular complexity index is 470. The summed E-state index contributed by atoms with van der Waals surface area (Å²) in [5.41, 5.74) is 0.837. The van der Waals surface area contributed by atoms with Crippen molar-refractivity contribution in [2.75, 3.05) is 0 Å². The molecule has 3 nitrogen and oxygen atoms in total. The SMILES string of the molecule is CC.CC1=C(O)c2ccccc2C(=O)C1=O. The predicted octanol–water partition coefficient (Wildman–Crippen LogP) is 2.77. The summed E-state index contributed by atoms with van der Waals surface area (Å²) < 4.78 is 0. The third-order valence-electron chi connectivity index (χ3n) is 2.33. The van der Waals surface area contributed by atoms with Crippen molar-refractivity contribution >= 4 is 17.3 Å². The first kappa shape index (κ1) is 12.2. The lowest BCUT2D eigenvalue weighted by atomic mass is 9.89. The number of benzene rings is 1. The fourth-order valence-corrected chi connectivity index (χ4v) is 1.49. The van der Waals surface area contributed by atoms with Gasteiger partial charge in [0, 0.05) is 16.7 Å². The monoisotopic (exact) mass is 218 g/mol. The summed E-state index contributed by atoms with van der Waals surface area (Å²) in [5.74, 6) is -1.26. The van der Waals surface area contributed by atoms with Crippen LogP contribution in [-0.4, -0.2) is 16.7 Å². The third-order valence-corrected chi connectivity index (χ3v) is 2.33. The highest BCUT2D eigenvalue weighted by molar-refractivity contribution is 6.52. The molecule has 0 aromatic heterocycles. The van der Waals surface area contributed by atoms with Gasteiger partial charge in [-0.05, 0) is 6.92 Å². The lowest BCUT2D eigenvalue weighted by Gasteiger charge is -2.14. The molecule has 1 N–H and O–H groups in total. The molecule has 0 atom stereocenters. The minimum atomic E-state index is -0.624. The van der Waals surface area contributed by atoms with E-state index in [-0.39, 0.29) is 16.9 Å². The molecule has 0 unspecified atom stereocenters. The Hall–Kier alpha value is -1.90. The van der Waals surface area contributed by atoms with Crippen molar-refractivity contribution in [3.8, 4) is 0 Å². The van der Waals surface area contributed by atoms with E-state index in [1.807, 2.05) is 13.8 Å². The summed E-state index contributed by atoms with van der Waals surface area (Å²) >= 11 is 0. The van der Waals surface area contributed by atoms with Crippen LogP contribution in [0.3, 0.4) is 0 Å². The van der Waals surface area contributed by atoms with E-state index in [2.05, 4.69) is 0 Å². The summed E-state index contributed by atoms with van der Waals surface area (Å²) in [6.45, 7) is 5.45. The first-order valence-electron chi connectivity index (χ1n) is 5.21. The largest absolute Gasteiger partial charge is 0.507 e. The van der Waals surface area contributed by atoms with E-state index in [0.717, 1.165) is 0 Å². The number of hydrogen-bond donors (Lipinski definition) is 1. The van der Waals surface area contributed by atoms with Crippen LogP contribution >= 0.6 is 0 Å². The van der Waals surface area contributed by atoms with Crippen molar-refractivity contribution in [2.24, 2.45) is 0 Å². The van der Waals surface area contributed by atoms with Gasteiger partial charge in [-0.2, -0.15) is 0 Å². The number of hydrogen-bond acceptors (Lipinski definition) is 3. The van der Waals surface area contributed by atoms with Gasteiger partial charge in [-0.1, -0.05) is 38.1 Å². The molecule has 0 bridgehead atoms. The van der Waals surface area contributed by atoms with Gasteiger partial charge in [-0.15, -0.1) is 0 Å². The Kier molecular flexibility index (Phi) is 3.61. The van der Waals surface area contributed by atoms with Gasteiger partial charge >= 0.3 is 0 Å². The normalized spacial score (nSPS) is 14.2. The second-order valence-corrected chi connectivity index (χ2v) is 3.18. The number of Topliss-reactive ketones (excluding diaryl/α,β-unsaturated/α-hetero) is 2. The minimum Gasteiger partial charge on any atom is -0.507 e. The van der Waals surface area contributed by atoms with Gasteiger partial charge in [-0.25, -0.2) is 0 Å².